The molecule has 0 bridgehead atoms. The Morgan fingerprint density at radius 2 is 2.05 bits per heavy atom. The highest BCUT2D eigenvalue weighted by molar-refractivity contribution is 5.51. The van der Waals surface area contributed by atoms with Crippen molar-refractivity contribution in [1.29, 1.82) is 0 Å². The van der Waals surface area contributed by atoms with Gasteiger partial charge in [0, 0.05) is 31.4 Å². The van der Waals surface area contributed by atoms with Crippen LogP contribution in [0.1, 0.15) is 5.56 Å². The van der Waals surface area contributed by atoms with Gasteiger partial charge in [-0.1, -0.05) is 0 Å². The monoisotopic (exact) mass is 277 g/mol. The minimum absolute atomic E-state index is 0.181. The molecule has 0 saturated heterocycles. The maximum atomic E-state index is 11.0. The number of nitrogens with zero attached hydrogens (tertiary/aromatic N) is 4. The lowest BCUT2D eigenvalue weighted by molar-refractivity contribution is -0.394. The number of benzene rings is 1. The minimum Gasteiger partial charge on any atom is -0.378 e. The summed E-state index contributed by atoms with van der Waals surface area (Å²) in [6.45, 7) is 0.181. The molecule has 0 spiro atoms. The van der Waals surface area contributed by atoms with Crippen molar-refractivity contribution in [1.82, 2.24) is 9.78 Å². The second-order valence-electron chi connectivity index (χ2n) is 4.08. The van der Waals surface area contributed by atoms with Crippen LogP contribution < -0.4 is 5.32 Å². The van der Waals surface area contributed by atoms with E-state index < -0.39 is 9.85 Å². The van der Waals surface area contributed by atoms with Gasteiger partial charge >= 0.3 is 0 Å². The summed E-state index contributed by atoms with van der Waals surface area (Å²) in [6.07, 6.45) is 3.30. The molecule has 0 fully saturated rings. The van der Waals surface area contributed by atoms with Crippen LogP contribution in [0.4, 0.5) is 17.1 Å². The first kappa shape index (κ1) is 13.5. The van der Waals surface area contributed by atoms with E-state index in [1.54, 1.807) is 24.1 Å². The molecule has 9 nitrogen and oxygen atoms in total. The van der Waals surface area contributed by atoms with Crippen molar-refractivity contribution in [2.45, 2.75) is 6.54 Å². The summed E-state index contributed by atoms with van der Waals surface area (Å²) in [5.41, 5.74) is 0.488. The molecule has 0 unspecified atom stereocenters. The first-order valence-electron chi connectivity index (χ1n) is 5.61. The molecule has 20 heavy (non-hydrogen) atoms. The highest BCUT2D eigenvalue weighted by Crippen LogP contribution is 2.25. The Kier molecular flexibility index (Phi) is 3.60. The van der Waals surface area contributed by atoms with Gasteiger partial charge in [0.05, 0.1) is 27.8 Å². The Labute approximate surface area is 113 Å². The SMILES string of the molecule is Cn1cc(NCc2ccc([N+](=O)[O-])cc2[N+](=O)[O-])cn1. The topological polar surface area (TPSA) is 116 Å². The lowest BCUT2D eigenvalue weighted by Crippen LogP contribution is -2.03. The molecule has 0 aliphatic carbocycles. The van der Waals surface area contributed by atoms with Gasteiger partial charge in [0.1, 0.15) is 0 Å². The van der Waals surface area contributed by atoms with Crippen LogP contribution in [0.5, 0.6) is 0 Å². The van der Waals surface area contributed by atoms with E-state index in [1.807, 2.05) is 0 Å². The fourth-order valence-corrected chi connectivity index (χ4v) is 1.70. The maximum absolute atomic E-state index is 11.0. The van der Waals surface area contributed by atoms with Gasteiger partial charge in [-0.25, -0.2) is 0 Å². The normalized spacial score (nSPS) is 10.2. The number of anilines is 1. The second-order valence-corrected chi connectivity index (χ2v) is 4.08. The number of rotatable bonds is 5. The third-order valence-corrected chi connectivity index (χ3v) is 2.66. The first-order valence-corrected chi connectivity index (χ1v) is 5.61. The van der Waals surface area contributed by atoms with Crippen LogP contribution in [0.3, 0.4) is 0 Å². The van der Waals surface area contributed by atoms with E-state index in [2.05, 4.69) is 10.4 Å². The van der Waals surface area contributed by atoms with Gasteiger partial charge in [0.2, 0.25) is 0 Å². The van der Waals surface area contributed by atoms with Crippen molar-refractivity contribution in [3.63, 3.8) is 0 Å². The zero-order chi connectivity index (χ0) is 14.7. The van der Waals surface area contributed by atoms with E-state index in [0.717, 1.165) is 6.07 Å². The zero-order valence-electron chi connectivity index (χ0n) is 10.5. The van der Waals surface area contributed by atoms with Gasteiger partial charge in [-0.05, 0) is 6.07 Å². The zero-order valence-corrected chi connectivity index (χ0v) is 10.5. The summed E-state index contributed by atoms with van der Waals surface area (Å²) in [4.78, 5) is 20.3. The quantitative estimate of drug-likeness (QED) is 0.658. The molecule has 1 aromatic heterocycles. The lowest BCUT2D eigenvalue weighted by Gasteiger charge is -2.04. The Bertz CT molecular complexity index is 667. The average molecular weight is 277 g/mol. The molecule has 1 aromatic carbocycles. The molecule has 0 amide bonds. The van der Waals surface area contributed by atoms with E-state index in [4.69, 9.17) is 0 Å². The molecule has 2 rings (SSSR count). The summed E-state index contributed by atoms with van der Waals surface area (Å²) in [5, 5.41) is 28.5. The first-order chi connectivity index (χ1) is 9.47. The van der Waals surface area contributed by atoms with Crippen molar-refractivity contribution in [2.75, 3.05) is 5.32 Å². The molecule has 0 aliphatic rings. The third kappa shape index (κ3) is 2.88. The summed E-state index contributed by atoms with van der Waals surface area (Å²) >= 11 is 0. The van der Waals surface area contributed by atoms with Crippen molar-refractivity contribution >= 4 is 17.1 Å². The molecule has 0 atom stereocenters. The van der Waals surface area contributed by atoms with Crippen LogP contribution in [0, 0.1) is 20.2 Å². The number of nitro benzene ring substituents is 2. The molecule has 1 heterocycles. The van der Waals surface area contributed by atoms with Crippen LogP contribution in [0.25, 0.3) is 0 Å². The van der Waals surface area contributed by atoms with Crippen LogP contribution in [0.15, 0.2) is 30.6 Å². The molecular formula is C11H11N5O4. The Morgan fingerprint density at radius 1 is 1.30 bits per heavy atom. The summed E-state index contributed by atoms with van der Waals surface area (Å²) in [6, 6.07) is 3.58. The van der Waals surface area contributed by atoms with Crippen molar-refractivity contribution < 1.29 is 9.85 Å². The molecule has 104 valence electrons. The van der Waals surface area contributed by atoms with Crippen LogP contribution >= 0.6 is 0 Å². The van der Waals surface area contributed by atoms with Gasteiger partial charge in [-0.2, -0.15) is 5.10 Å². The number of aromatic nitrogens is 2. The predicted octanol–water partition coefficient (Wildman–Crippen LogP) is 1.85. The number of nitro groups is 2. The summed E-state index contributed by atoms with van der Waals surface area (Å²) < 4.78 is 1.59. The van der Waals surface area contributed by atoms with Crippen molar-refractivity contribution in [2.24, 2.45) is 7.05 Å². The molecule has 1 N–H and O–H groups in total. The fourth-order valence-electron chi connectivity index (χ4n) is 1.70. The van der Waals surface area contributed by atoms with Gasteiger partial charge in [0.15, 0.2) is 0 Å². The molecular weight excluding hydrogens is 266 g/mol. The van der Waals surface area contributed by atoms with Gasteiger partial charge in [0.25, 0.3) is 11.4 Å². The number of non-ortho nitro benzene ring substituents is 1. The van der Waals surface area contributed by atoms with Gasteiger partial charge in [-0.3, -0.25) is 24.9 Å². The predicted molar refractivity (Wildman–Crippen MR) is 70.3 cm³/mol. The van der Waals surface area contributed by atoms with Gasteiger partial charge < -0.3 is 5.32 Å². The van der Waals surface area contributed by atoms with E-state index >= 15 is 0 Å². The van der Waals surface area contributed by atoms with Gasteiger partial charge in [-0.15, -0.1) is 0 Å². The van der Waals surface area contributed by atoms with E-state index in [9.17, 15) is 20.2 Å². The van der Waals surface area contributed by atoms with Crippen molar-refractivity contribution in [3.05, 3.63) is 56.4 Å². The lowest BCUT2D eigenvalue weighted by atomic mass is 10.1. The minimum atomic E-state index is -0.661. The molecule has 0 radical (unpaired) electrons. The number of hydrogen-bond acceptors (Lipinski definition) is 6. The van der Waals surface area contributed by atoms with Crippen molar-refractivity contribution in [3.8, 4) is 0 Å². The number of aryl methyl sites for hydroxylation is 1. The Morgan fingerprint density at radius 3 is 2.60 bits per heavy atom. The molecule has 0 aliphatic heterocycles. The van der Waals surface area contributed by atoms with E-state index in [1.165, 1.54) is 12.1 Å². The molecule has 9 heteroatoms. The summed E-state index contributed by atoms with van der Waals surface area (Å²) in [7, 11) is 1.75. The molecule has 0 saturated carbocycles. The van der Waals surface area contributed by atoms with Crippen LogP contribution in [-0.4, -0.2) is 19.6 Å². The van der Waals surface area contributed by atoms with E-state index in [-0.39, 0.29) is 17.9 Å². The number of hydrogen-bond donors (Lipinski definition) is 1. The maximum Gasteiger partial charge on any atom is 0.281 e. The third-order valence-electron chi connectivity index (χ3n) is 2.66. The second kappa shape index (κ2) is 5.34. The molecule has 2 aromatic rings. The average Bonchev–Trinajstić information content (AvgIpc) is 2.81. The number of nitrogens with one attached hydrogen (secondary N) is 1. The van der Waals surface area contributed by atoms with E-state index in [0.29, 0.717) is 11.3 Å². The fraction of sp³-hybridized carbons (Fsp3) is 0.182. The highest BCUT2D eigenvalue weighted by atomic mass is 16.6. The highest BCUT2D eigenvalue weighted by Gasteiger charge is 2.19. The summed E-state index contributed by atoms with van der Waals surface area (Å²) in [5.74, 6) is 0. The smallest absolute Gasteiger partial charge is 0.281 e. The van der Waals surface area contributed by atoms with Crippen LogP contribution in [-0.2, 0) is 13.6 Å². The van der Waals surface area contributed by atoms with Crippen LogP contribution in [0.2, 0.25) is 0 Å². The standard InChI is InChI=1S/C11H11N5O4/c1-14-7-9(6-13-14)12-5-8-2-3-10(15(17)18)4-11(8)16(19)20/h2-4,6-7,12H,5H2,1H3. The Balaban J connectivity index is 2.22. The largest absolute Gasteiger partial charge is 0.378 e. The Hall–Kier alpha value is -2.97.